The number of ether oxygens (including phenoxy) is 1. The van der Waals surface area contributed by atoms with Gasteiger partial charge in [0.25, 0.3) is 0 Å². The molecule has 0 aliphatic rings. The summed E-state index contributed by atoms with van der Waals surface area (Å²) < 4.78 is 19.8. The lowest BCUT2D eigenvalue weighted by atomic mass is 10.1. The van der Waals surface area contributed by atoms with Crippen LogP contribution in [-0.2, 0) is 0 Å². The Balaban J connectivity index is 1.80. The van der Waals surface area contributed by atoms with Gasteiger partial charge in [0.15, 0.2) is 0 Å². The number of pyridine rings is 2. The molecule has 1 aromatic carbocycles. The van der Waals surface area contributed by atoms with Crippen LogP contribution in [0.2, 0.25) is 0 Å². The minimum absolute atomic E-state index is 0.251. The zero-order valence-electron chi connectivity index (χ0n) is 14.4. The van der Waals surface area contributed by atoms with Crippen molar-refractivity contribution >= 4 is 17.2 Å². The SMILES string of the molecule is Cc1nc(-c2ccccc2)c(Oc2ccnc(N)c2-c2ccnc(F)c2)s1. The van der Waals surface area contributed by atoms with Gasteiger partial charge in [-0.25, -0.2) is 15.0 Å². The third-order valence-electron chi connectivity index (χ3n) is 3.91. The van der Waals surface area contributed by atoms with Crippen molar-refractivity contribution in [3.63, 3.8) is 0 Å². The molecule has 0 aliphatic heterocycles. The van der Waals surface area contributed by atoms with E-state index in [9.17, 15) is 4.39 Å². The van der Waals surface area contributed by atoms with Crippen LogP contribution in [0.5, 0.6) is 10.8 Å². The summed E-state index contributed by atoms with van der Waals surface area (Å²) in [6.45, 7) is 1.92. The van der Waals surface area contributed by atoms with Crippen molar-refractivity contribution < 1.29 is 9.13 Å². The number of hydrogen-bond donors (Lipinski definition) is 1. The van der Waals surface area contributed by atoms with E-state index in [1.54, 1.807) is 18.3 Å². The highest BCUT2D eigenvalue weighted by Crippen LogP contribution is 2.42. The van der Waals surface area contributed by atoms with Gasteiger partial charge in [-0.05, 0) is 24.6 Å². The molecule has 134 valence electrons. The first-order valence-electron chi connectivity index (χ1n) is 8.19. The molecule has 2 N–H and O–H groups in total. The van der Waals surface area contributed by atoms with Gasteiger partial charge in [-0.15, -0.1) is 0 Å². The predicted molar refractivity (Wildman–Crippen MR) is 104 cm³/mol. The number of hydrogen-bond acceptors (Lipinski definition) is 6. The van der Waals surface area contributed by atoms with Crippen molar-refractivity contribution in [1.29, 1.82) is 0 Å². The monoisotopic (exact) mass is 378 g/mol. The Morgan fingerprint density at radius 3 is 2.56 bits per heavy atom. The number of thiazole rings is 1. The summed E-state index contributed by atoms with van der Waals surface area (Å²) in [5.41, 5.74) is 8.83. The van der Waals surface area contributed by atoms with E-state index in [4.69, 9.17) is 10.5 Å². The molecule has 0 atom stereocenters. The minimum Gasteiger partial charge on any atom is -0.443 e. The van der Waals surface area contributed by atoms with Crippen LogP contribution in [0.25, 0.3) is 22.4 Å². The fraction of sp³-hybridized carbons (Fsp3) is 0.0500. The molecule has 7 heteroatoms. The van der Waals surface area contributed by atoms with Crippen molar-refractivity contribution in [2.24, 2.45) is 0 Å². The van der Waals surface area contributed by atoms with Crippen LogP contribution in [0.15, 0.2) is 60.9 Å². The van der Waals surface area contributed by atoms with Gasteiger partial charge in [0.1, 0.15) is 17.3 Å². The van der Waals surface area contributed by atoms with E-state index in [0.717, 1.165) is 16.3 Å². The molecule has 0 spiro atoms. The zero-order valence-corrected chi connectivity index (χ0v) is 15.2. The molecular weight excluding hydrogens is 363 g/mol. The Morgan fingerprint density at radius 2 is 1.78 bits per heavy atom. The first kappa shape index (κ1) is 17.1. The molecule has 0 amide bonds. The Labute approximate surface area is 159 Å². The Morgan fingerprint density at radius 1 is 1.00 bits per heavy atom. The second-order valence-electron chi connectivity index (χ2n) is 5.77. The zero-order chi connectivity index (χ0) is 18.8. The standard InChI is InChI=1S/C20H15FN4OS/c1-12-25-18(13-5-3-2-4-6-13)20(27-12)26-15-8-10-24-19(22)17(15)14-7-9-23-16(21)11-14/h2-11H,1H3,(H2,22,24). The highest BCUT2D eigenvalue weighted by Gasteiger charge is 2.18. The Bertz CT molecular complexity index is 1100. The highest BCUT2D eigenvalue weighted by molar-refractivity contribution is 7.13. The van der Waals surface area contributed by atoms with E-state index >= 15 is 0 Å². The maximum Gasteiger partial charge on any atom is 0.213 e. The van der Waals surface area contributed by atoms with Crippen LogP contribution >= 0.6 is 11.3 Å². The van der Waals surface area contributed by atoms with Crippen molar-refractivity contribution in [3.05, 3.63) is 71.9 Å². The molecule has 4 rings (SSSR count). The molecule has 5 nitrogen and oxygen atoms in total. The average Bonchev–Trinajstić information content (AvgIpc) is 3.03. The van der Waals surface area contributed by atoms with Gasteiger partial charge in [-0.1, -0.05) is 41.7 Å². The third kappa shape index (κ3) is 3.50. The van der Waals surface area contributed by atoms with Gasteiger partial charge >= 0.3 is 0 Å². The molecule has 0 aliphatic carbocycles. The number of nitrogen functional groups attached to an aromatic ring is 1. The Kier molecular flexibility index (Phi) is 4.52. The third-order valence-corrected chi connectivity index (χ3v) is 4.76. The van der Waals surface area contributed by atoms with Crippen LogP contribution in [0.3, 0.4) is 0 Å². The Hall–Kier alpha value is -3.32. The lowest BCUT2D eigenvalue weighted by Crippen LogP contribution is -1.98. The second-order valence-corrected chi connectivity index (χ2v) is 6.94. The fourth-order valence-electron chi connectivity index (χ4n) is 2.75. The molecule has 27 heavy (non-hydrogen) atoms. The summed E-state index contributed by atoms with van der Waals surface area (Å²) in [5, 5.41) is 1.52. The molecule has 3 heterocycles. The number of aryl methyl sites for hydroxylation is 1. The lowest BCUT2D eigenvalue weighted by Gasteiger charge is -2.12. The summed E-state index contributed by atoms with van der Waals surface area (Å²) >= 11 is 1.44. The molecule has 0 saturated carbocycles. The quantitative estimate of drug-likeness (QED) is 0.501. The van der Waals surface area contributed by atoms with Crippen LogP contribution in [0, 0.1) is 12.9 Å². The molecule has 3 aromatic heterocycles. The second kappa shape index (κ2) is 7.13. The lowest BCUT2D eigenvalue weighted by molar-refractivity contribution is 0.498. The van der Waals surface area contributed by atoms with E-state index in [2.05, 4.69) is 15.0 Å². The fourth-order valence-corrected chi connectivity index (χ4v) is 3.55. The number of halogens is 1. The number of aromatic nitrogens is 3. The van der Waals surface area contributed by atoms with Gasteiger partial charge in [0.2, 0.25) is 11.0 Å². The summed E-state index contributed by atoms with van der Waals surface area (Å²) in [4.78, 5) is 12.3. The molecule has 0 radical (unpaired) electrons. The topological polar surface area (TPSA) is 73.9 Å². The molecule has 0 fully saturated rings. The van der Waals surface area contributed by atoms with E-state index in [1.807, 2.05) is 37.3 Å². The van der Waals surface area contributed by atoms with Crippen LogP contribution in [-0.4, -0.2) is 15.0 Å². The van der Waals surface area contributed by atoms with Gasteiger partial charge in [0, 0.05) is 24.0 Å². The summed E-state index contributed by atoms with van der Waals surface area (Å²) in [6, 6.07) is 14.5. The normalized spacial score (nSPS) is 10.7. The maximum absolute atomic E-state index is 13.6. The van der Waals surface area contributed by atoms with Crippen LogP contribution in [0.4, 0.5) is 10.2 Å². The number of anilines is 1. The molecule has 0 bridgehead atoms. The largest absolute Gasteiger partial charge is 0.443 e. The molecule has 0 saturated heterocycles. The van der Waals surface area contributed by atoms with Crippen molar-refractivity contribution in [3.8, 4) is 33.2 Å². The first-order valence-corrected chi connectivity index (χ1v) is 9.00. The highest BCUT2D eigenvalue weighted by atomic mass is 32.1. The van der Waals surface area contributed by atoms with E-state index < -0.39 is 5.95 Å². The smallest absolute Gasteiger partial charge is 0.213 e. The number of benzene rings is 1. The van der Waals surface area contributed by atoms with Crippen molar-refractivity contribution in [2.45, 2.75) is 6.92 Å². The average molecular weight is 378 g/mol. The first-order chi connectivity index (χ1) is 13.1. The summed E-state index contributed by atoms with van der Waals surface area (Å²) in [7, 11) is 0. The van der Waals surface area contributed by atoms with Crippen LogP contribution in [0.1, 0.15) is 5.01 Å². The summed E-state index contributed by atoms with van der Waals surface area (Å²) in [5.74, 6) is 0.134. The van der Waals surface area contributed by atoms with Crippen LogP contribution < -0.4 is 10.5 Å². The van der Waals surface area contributed by atoms with Gasteiger partial charge < -0.3 is 10.5 Å². The van der Waals surface area contributed by atoms with E-state index in [1.165, 1.54) is 23.6 Å². The van der Waals surface area contributed by atoms with E-state index in [0.29, 0.717) is 21.9 Å². The molecule has 0 unspecified atom stereocenters. The number of rotatable bonds is 4. The van der Waals surface area contributed by atoms with E-state index in [-0.39, 0.29) is 5.82 Å². The maximum atomic E-state index is 13.6. The summed E-state index contributed by atoms with van der Waals surface area (Å²) in [6.07, 6.45) is 2.94. The molecular formula is C20H15FN4OS. The van der Waals surface area contributed by atoms with Crippen molar-refractivity contribution in [1.82, 2.24) is 15.0 Å². The minimum atomic E-state index is -0.597. The van der Waals surface area contributed by atoms with Gasteiger partial charge in [-0.2, -0.15) is 4.39 Å². The predicted octanol–water partition coefficient (Wildman–Crippen LogP) is 5.09. The van der Waals surface area contributed by atoms with Crippen molar-refractivity contribution in [2.75, 3.05) is 5.73 Å². The number of nitrogens with zero attached hydrogens (tertiary/aromatic N) is 3. The number of nitrogens with two attached hydrogens (primary N) is 1. The van der Waals surface area contributed by atoms with Gasteiger partial charge in [0.05, 0.1) is 10.6 Å². The molecule has 4 aromatic rings. The van der Waals surface area contributed by atoms with Gasteiger partial charge in [-0.3, -0.25) is 0 Å².